The van der Waals surface area contributed by atoms with Gasteiger partial charge in [-0.15, -0.1) is 0 Å². The van der Waals surface area contributed by atoms with Gasteiger partial charge in [-0.3, -0.25) is 9.62 Å². The lowest BCUT2D eigenvalue weighted by Crippen LogP contribution is -2.25. The number of nitrogens with zero attached hydrogens (tertiary/aromatic N) is 1. The maximum Gasteiger partial charge on any atom is 0.411 e. The van der Waals surface area contributed by atoms with Crippen LogP contribution in [0, 0.1) is 6.92 Å². The summed E-state index contributed by atoms with van der Waals surface area (Å²) in [6.45, 7) is 2.30. The van der Waals surface area contributed by atoms with Gasteiger partial charge in [0.1, 0.15) is 0 Å². The number of sulfonamides is 1. The van der Waals surface area contributed by atoms with Crippen molar-refractivity contribution < 1.29 is 17.9 Å². The van der Waals surface area contributed by atoms with Crippen molar-refractivity contribution >= 4 is 27.5 Å². The summed E-state index contributed by atoms with van der Waals surface area (Å²) in [6, 6.07) is 5.16. The minimum Gasteiger partial charge on any atom is -0.453 e. The average molecular weight is 284 g/mol. The SMILES string of the molecule is COC(=O)Nc1cc(N2CCCS2(=O)=O)ccc1C. The van der Waals surface area contributed by atoms with Crippen LogP contribution in [0.2, 0.25) is 0 Å². The first-order valence-electron chi connectivity index (χ1n) is 5.90. The smallest absolute Gasteiger partial charge is 0.411 e. The Morgan fingerprint density at radius 1 is 1.42 bits per heavy atom. The molecule has 19 heavy (non-hydrogen) atoms. The zero-order valence-corrected chi connectivity index (χ0v) is 11.7. The van der Waals surface area contributed by atoms with E-state index >= 15 is 0 Å². The topological polar surface area (TPSA) is 75.7 Å². The van der Waals surface area contributed by atoms with Crippen LogP contribution in [-0.4, -0.2) is 33.9 Å². The summed E-state index contributed by atoms with van der Waals surface area (Å²) in [5, 5.41) is 2.57. The number of aryl methyl sites for hydroxylation is 1. The van der Waals surface area contributed by atoms with Crippen molar-refractivity contribution in [2.45, 2.75) is 13.3 Å². The predicted molar refractivity (Wildman–Crippen MR) is 73.0 cm³/mol. The Bertz CT molecular complexity index is 598. The van der Waals surface area contributed by atoms with Crippen molar-refractivity contribution in [1.29, 1.82) is 0 Å². The molecule has 0 saturated carbocycles. The molecule has 104 valence electrons. The number of carbonyl (C=O) groups is 1. The molecule has 2 rings (SSSR count). The number of amides is 1. The van der Waals surface area contributed by atoms with E-state index in [1.54, 1.807) is 18.2 Å². The first kappa shape index (κ1) is 13.7. The van der Waals surface area contributed by atoms with Gasteiger partial charge < -0.3 is 4.74 Å². The summed E-state index contributed by atoms with van der Waals surface area (Å²) in [4.78, 5) is 11.2. The van der Waals surface area contributed by atoms with Crippen LogP contribution in [0.15, 0.2) is 18.2 Å². The summed E-state index contributed by atoms with van der Waals surface area (Å²) in [5.74, 6) is 0.167. The Balaban J connectivity index is 2.33. The molecule has 1 N–H and O–H groups in total. The predicted octanol–water partition coefficient (Wildman–Crippen LogP) is 1.71. The molecule has 1 aromatic carbocycles. The highest BCUT2D eigenvalue weighted by Gasteiger charge is 2.28. The fourth-order valence-electron chi connectivity index (χ4n) is 1.99. The molecule has 1 aliphatic heterocycles. The second kappa shape index (κ2) is 5.08. The molecule has 0 unspecified atom stereocenters. The second-order valence-electron chi connectivity index (χ2n) is 4.36. The van der Waals surface area contributed by atoms with Crippen LogP contribution in [0.25, 0.3) is 0 Å². The van der Waals surface area contributed by atoms with Gasteiger partial charge >= 0.3 is 6.09 Å². The van der Waals surface area contributed by atoms with Crippen molar-refractivity contribution in [3.63, 3.8) is 0 Å². The van der Waals surface area contributed by atoms with Crippen molar-refractivity contribution in [3.8, 4) is 0 Å². The number of hydrogen-bond donors (Lipinski definition) is 1. The molecule has 1 saturated heterocycles. The summed E-state index contributed by atoms with van der Waals surface area (Å²) >= 11 is 0. The van der Waals surface area contributed by atoms with E-state index in [9.17, 15) is 13.2 Å². The Labute approximate surface area is 112 Å². The molecular weight excluding hydrogens is 268 g/mol. The lowest BCUT2D eigenvalue weighted by atomic mass is 10.2. The number of hydrogen-bond acceptors (Lipinski definition) is 4. The van der Waals surface area contributed by atoms with Crippen LogP contribution in [0.5, 0.6) is 0 Å². The molecule has 0 bridgehead atoms. The van der Waals surface area contributed by atoms with Crippen molar-refractivity contribution in [2.75, 3.05) is 29.0 Å². The van der Waals surface area contributed by atoms with E-state index in [0.717, 1.165) is 5.56 Å². The third kappa shape index (κ3) is 2.81. The summed E-state index contributed by atoms with van der Waals surface area (Å²) in [6.07, 6.45) is 0.0419. The van der Waals surface area contributed by atoms with Crippen LogP contribution in [0.1, 0.15) is 12.0 Å². The minimum atomic E-state index is -3.21. The van der Waals surface area contributed by atoms with Crippen LogP contribution in [0.3, 0.4) is 0 Å². The van der Waals surface area contributed by atoms with Gasteiger partial charge in [-0.05, 0) is 31.0 Å². The number of nitrogens with one attached hydrogen (secondary N) is 1. The first-order chi connectivity index (χ1) is 8.94. The van der Waals surface area contributed by atoms with E-state index < -0.39 is 16.1 Å². The van der Waals surface area contributed by atoms with Crippen LogP contribution in [0.4, 0.5) is 16.2 Å². The number of carbonyl (C=O) groups excluding carboxylic acids is 1. The standard InChI is InChI=1S/C12H16N2O4S/c1-9-4-5-10(8-11(9)13-12(15)18-2)14-6-3-7-19(14,16)17/h4-5,8H,3,6-7H2,1-2H3,(H,13,15). The molecule has 0 aromatic heterocycles. The highest BCUT2D eigenvalue weighted by Crippen LogP contribution is 2.28. The zero-order chi connectivity index (χ0) is 14.0. The number of benzene rings is 1. The van der Waals surface area contributed by atoms with Crippen LogP contribution >= 0.6 is 0 Å². The van der Waals surface area contributed by atoms with Crippen molar-refractivity contribution in [2.24, 2.45) is 0 Å². The third-order valence-corrected chi connectivity index (χ3v) is 4.90. The van der Waals surface area contributed by atoms with E-state index in [0.29, 0.717) is 24.3 Å². The lowest BCUT2D eigenvalue weighted by Gasteiger charge is -2.18. The Morgan fingerprint density at radius 2 is 2.16 bits per heavy atom. The molecule has 0 radical (unpaired) electrons. The fourth-order valence-corrected chi connectivity index (χ4v) is 3.55. The maximum absolute atomic E-state index is 11.9. The molecule has 1 aliphatic rings. The molecule has 7 heteroatoms. The normalized spacial score (nSPS) is 17.3. The van der Waals surface area contributed by atoms with Gasteiger partial charge in [-0.1, -0.05) is 6.07 Å². The summed E-state index contributed by atoms with van der Waals surface area (Å²) in [5.41, 5.74) is 1.95. The summed E-state index contributed by atoms with van der Waals surface area (Å²) < 4.78 is 29.6. The molecular formula is C12H16N2O4S. The van der Waals surface area contributed by atoms with E-state index in [1.807, 2.05) is 6.92 Å². The van der Waals surface area contributed by atoms with E-state index in [2.05, 4.69) is 10.1 Å². The molecule has 0 aliphatic carbocycles. The summed E-state index contributed by atoms with van der Waals surface area (Å²) in [7, 11) is -1.94. The van der Waals surface area contributed by atoms with E-state index in [1.165, 1.54) is 11.4 Å². The van der Waals surface area contributed by atoms with Gasteiger partial charge in [0.25, 0.3) is 0 Å². The molecule has 1 heterocycles. The average Bonchev–Trinajstić information content (AvgIpc) is 2.71. The van der Waals surface area contributed by atoms with Gasteiger partial charge in [0.2, 0.25) is 10.0 Å². The number of methoxy groups -OCH3 is 1. The molecule has 0 atom stereocenters. The lowest BCUT2D eigenvalue weighted by molar-refractivity contribution is 0.187. The van der Waals surface area contributed by atoms with Gasteiger partial charge in [0.15, 0.2) is 0 Å². The quantitative estimate of drug-likeness (QED) is 0.897. The molecule has 0 spiro atoms. The Morgan fingerprint density at radius 3 is 2.74 bits per heavy atom. The third-order valence-electron chi connectivity index (χ3n) is 3.03. The number of anilines is 2. The van der Waals surface area contributed by atoms with Gasteiger partial charge in [-0.2, -0.15) is 0 Å². The van der Waals surface area contributed by atoms with Gasteiger partial charge in [-0.25, -0.2) is 13.2 Å². The Hall–Kier alpha value is -1.76. The highest BCUT2D eigenvalue weighted by molar-refractivity contribution is 7.93. The molecule has 6 nitrogen and oxygen atoms in total. The van der Waals surface area contributed by atoms with Crippen LogP contribution < -0.4 is 9.62 Å². The van der Waals surface area contributed by atoms with Crippen molar-refractivity contribution in [1.82, 2.24) is 0 Å². The molecule has 1 aromatic rings. The monoisotopic (exact) mass is 284 g/mol. The second-order valence-corrected chi connectivity index (χ2v) is 6.37. The van der Waals surface area contributed by atoms with Gasteiger partial charge in [0, 0.05) is 12.2 Å². The molecule has 1 amide bonds. The van der Waals surface area contributed by atoms with E-state index in [-0.39, 0.29) is 5.75 Å². The fraction of sp³-hybridized carbons (Fsp3) is 0.417. The highest BCUT2D eigenvalue weighted by atomic mass is 32.2. The minimum absolute atomic E-state index is 0.167. The zero-order valence-electron chi connectivity index (χ0n) is 10.8. The maximum atomic E-state index is 11.9. The van der Waals surface area contributed by atoms with Gasteiger partial charge in [0.05, 0.1) is 18.6 Å². The van der Waals surface area contributed by atoms with E-state index in [4.69, 9.17) is 0 Å². The largest absolute Gasteiger partial charge is 0.453 e. The Kier molecular flexibility index (Phi) is 3.66. The number of ether oxygens (including phenoxy) is 1. The number of rotatable bonds is 2. The molecule has 1 fully saturated rings. The van der Waals surface area contributed by atoms with Crippen LogP contribution in [-0.2, 0) is 14.8 Å². The first-order valence-corrected chi connectivity index (χ1v) is 7.51. The van der Waals surface area contributed by atoms with Crippen molar-refractivity contribution in [3.05, 3.63) is 23.8 Å².